The molecule has 1 atom stereocenters. The van der Waals surface area contributed by atoms with Crippen LogP contribution in [0.3, 0.4) is 0 Å². The number of amides is 2. The van der Waals surface area contributed by atoms with Crippen molar-refractivity contribution in [2.45, 2.75) is 6.04 Å². The van der Waals surface area contributed by atoms with Gasteiger partial charge in [0.1, 0.15) is 5.69 Å². The van der Waals surface area contributed by atoms with Gasteiger partial charge in [0.2, 0.25) is 0 Å². The van der Waals surface area contributed by atoms with Gasteiger partial charge in [-0.05, 0) is 0 Å². The van der Waals surface area contributed by atoms with Gasteiger partial charge in [-0.3, -0.25) is 4.68 Å². The Labute approximate surface area is 92.8 Å². The van der Waals surface area contributed by atoms with Crippen LogP contribution < -0.4 is 11.1 Å². The first kappa shape index (κ1) is 10.7. The normalized spacial score (nSPS) is 20.2. The van der Waals surface area contributed by atoms with Crippen LogP contribution in [-0.4, -0.2) is 45.5 Å². The lowest BCUT2D eigenvalue weighted by molar-refractivity contribution is 0.178. The Morgan fingerprint density at radius 3 is 3.06 bits per heavy atom. The summed E-state index contributed by atoms with van der Waals surface area (Å²) in [4.78, 5) is 13.0. The second-order valence-corrected chi connectivity index (χ2v) is 3.76. The molecule has 1 aliphatic rings. The smallest absolute Gasteiger partial charge is 0.318 e. The van der Waals surface area contributed by atoms with E-state index in [1.807, 2.05) is 0 Å². The van der Waals surface area contributed by atoms with Crippen molar-refractivity contribution in [2.75, 3.05) is 25.4 Å². The van der Waals surface area contributed by atoms with Crippen molar-refractivity contribution in [1.29, 1.82) is 0 Å². The third kappa shape index (κ3) is 1.69. The number of aliphatic hydroxyl groups excluding tert-OH is 1. The maximum atomic E-state index is 11.5. The van der Waals surface area contributed by atoms with E-state index >= 15 is 0 Å². The number of aryl methyl sites for hydroxylation is 1. The Balaban J connectivity index is 2.26. The number of hydrogen-bond donors (Lipinski definition) is 3. The maximum Gasteiger partial charge on any atom is 0.318 e. The molecule has 0 spiro atoms. The summed E-state index contributed by atoms with van der Waals surface area (Å²) in [5, 5.41) is 15.9. The van der Waals surface area contributed by atoms with Crippen molar-refractivity contribution in [3.63, 3.8) is 0 Å². The fourth-order valence-corrected chi connectivity index (χ4v) is 1.93. The first-order valence-corrected chi connectivity index (χ1v) is 5.08. The molecule has 1 aromatic rings. The Morgan fingerprint density at radius 1 is 1.75 bits per heavy atom. The summed E-state index contributed by atoms with van der Waals surface area (Å²) in [5.74, 6) is 0. The number of anilines is 1. The number of carbonyl (C=O) groups is 1. The van der Waals surface area contributed by atoms with Gasteiger partial charge in [-0.1, -0.05) is 0 Å². The van der Waals surface area contributed by atoms with Gasteiger partial charge in [-0.15, -0.1) is 0 Å². The van der Waals surface area contributed by atoms with Crippen LogP contribution in [0.25, 0.3) is 0 Å². The van der Waals surface area contributed by atoms with Crippen LogP contribution in [0.1, 0.15) is 11.7 Å². The minimum Gasteiger partial charge on any atom is -0.396 e. The van der Waals surface area contributed by atoms with E-state index in [9.17, 15) is 4.79 Å². The summed E-state index contributed by atoms with van der Waals surface area (Å²) in [6, 6.07) is -0.384. The molecule has 1 fully saturated rings. The van der Waals surface area contributed by atoms with Crippen LogP contribution >= 0.6 is 0 Å². The molecular formula is C9H15N5O2. The molecule has 4 N–H and O–H groups in total. The van der Waals surface area contributed by atoms with Crippen molar-refractivity contribution in [1.82, 2.24) is 20.0 Å². The maximum absolute atomic E-state index is 11.5. The van der Waals surface area contributed by atoms with Gasteiger partial charge in [0.15, 0.2) is 0 Å². The lowest BCUT2D eigenvalue weighted by Gasteiger charge is -2.20. The fourth-order valence-electron chi connectivity index (χ4n) is 1.93. The van der Waals surface area contributed by atoms with Gasteiger partial charge < -0.3 is 21.1 Å². The number of nitrogens with zero attached hydrogens (tertiary/aromatic N) is 3. The highest BCUT2D eigenvalue weighted by molar-refractivity contribution is 5.77. The first-order valence-electron chi connectivity index (χ1n) is 5.08. The average molecular weight is 225 g/mol. The van der Waals surface area contributed by atoms with E-state index in [0.717, 1.165) is 0 Å². The SMILES string of the molecule is Cn1cc(N)c(C2CNC(=O)N2CCO)n1. The van der Waals surface area contributed by atoms with E-state index in [1.54, 1.807) is 22.8 Å². The van der Waals surface area contributed by atoms with Gasteiger partial charge in [0, 0.05) is 26.3 Å². The largest absolute Gasteiger partial charge is 0.396 e. The molecule has 2 amide bonds. The number of nitrogen functional groups attached to an aromatic ring is 1. The predicted molar refractivity (Wildman–Crippen MR) is 57.6 cm³/mol. The monoisotopic (exact) mass is 225 g/mol. The zero-order chi connectivity index (χ0) is 11.7. The summed E-state index contributed by atoms with van der Waals surface area (Å²) >= 11 is 0. The number of nitrogens with one attached hydrogen (secondary N) is 1. The molecule has 2 heterocycles. The standard InChI is InChI=1S/C9H15N5O2/c1-13-5-6(10)8(12-13)7-4-11-9(16)14(7)2-3-15/h5,7,15H,2-4,10H2,1H3,(H,11,16). The van der Waals surface area contributed by atoms with Crippen LogP contribution in [0.15, 0.2) is 6.20 Å². The molecule has 88 valence electrons. The lowest BCUT2D eigenvalue weighted by Crippen LogP contribution is -2.32. The van der Waals surface area contributed by atoms with Crippen LogP contribution in [0.4, 0.5) is 10.5 Å². The highest BCUT2D eigenvalue weighted by Crippen LogP contribution is 2.26. The molecule has 7 heteroatoms. The number of aromatic nitrogens is 2. The van der Waals surface area contributed by atoms with Crippen molar-refractivity contribution >= 4 is 11.7 Å². The minimum absolute atomic E-state index is 0.0728. The molecular weight excluding hydrogens is 210 g/mol. The van der Waals surface area contributed by atoms with Crippen molar-refractivity contribution in [3.8, 4) is 0 Å². The van der Waals surface area contributed by atoms with Crippen LogP contribution in [0, 0.1) is 0 Å². The zero-order valence-corrected chi connectivity index (χ0v) is 9.05. The molecule has 16 heavy (non-hydrogen) atoms. The number of nitrogens with two attached hydrogens (primary N) is 1. The molecule has 1 unspecified atom stereocenters. The fraction of sp³-hybridized carbons (Fsp3) is 0.556. The molecule has 0 radical (unpaired) electrons. The number of hydrogen-bond acceptors (Lipinski definition) is 4. The van der Waals surface area contributed by atoms with E-state index in [4.69, 9.17) is 10.8 Å². The topological polar surface area (TPSA) is 96.4 Å². The summed E-state index contributed by atoms with van der Waals surface area (Å²) in [5.41, 5.74) is 7.05. The van der Waals surface area contributed by atoms with E-state index in [1.165, 1.54) is 0 Å². The van der Waals surface area contributed by atoms with Gasteiger partial charge in [-0.2, -0.15) is 5.10 Å². The highest BCUT2D eigenvalue weighted by Gasteiger charge is 2.34. The molecule has 0 aliphatic carbocycles. The van der Waals surface area contributed by atoms with E-state index in [2.05, 4.69) is 10.4 Å². The van der Waals surface area contributed by atoms with Gasteiger partial charge in [0.25, 0.3) is 0 Å². The summed E-state index contributed by atoms with van der Waals surface area (Å²) in [7, 11) is 1.78. The van der Waals surface area contributed by atoms with E-state index < -0.39 is 0 Å². The summed E-state index contributed by atoms with van der Waals surface area (Å²) in [6.45, 7) is 0.684. The third-order valence-corrected chi connectivity index (χ3v) is 2.63. The Kier molecular flexibility index (Phi) is 2.69. The molecule has 1 aliphatic heterocycles. The van der Waals surface area contributed by atoms with Crippen molar-refractivity contribution in [3.05, 3.63) is 11.9 Å². The molecule has 1 aromatic heterocycles. The Morgan fingerprint density at radius 2 is 2.50 bits per heavy atom. The predicted octanol–water partition coefficient (Wildman–Crippen LogP) is -0.939. The third-order valence-electron chi connectivity index (χ3n) is 2.63. The average Bonchev–Trinajstić information content (AvgIpc) is 2.73. The number of carbonyl (C=O) groups excluding carboxylic acids is 1. The summed E-state index contributed by atoms with van der Waals surface area (Å²) in [6.07, 6.45) is 1.70. The van der Waals surface area contributed by atoms with Crippen molar-refractivity contribution in [2.24, 2.45) is 7.05 Å². The Bertz CT molecular complexity index is 403. The molecule has 0 saturated carbocycles. The van der Waals surface area contributed by atoms with Crippen LogP contribution in [0.2, 0.25) is 0 Å². The first-order chi connectivity index (χ1) is 7.63. The van der Waals surface area contributed by atoms with E-state index in [-0.39, 0.29) is 25.2 Å². The van der Waals surface area contributed by atoms with E-state index in [0.29, 0.717) is 17.9 Å². The molecule has 7 nitrogen and oxygen atoms in total. The highest BCUT2D eigenvalue weighted by atomic mass is 16.3. The zero-order valence-electron chi connectivity index (χ0n) is 9.05. The molecule has 2 rings (SSSR count). The Hall–Kier alpha value is -1.76. The quantitative estimate of drug-likeness (QED) is 0.618. The molecule has 1 saturated heterocycles. The lowest BCUT2D eigenvalue weighted by atomic mass is 10.2. The number of rotatable bonds is 3. The van der Waals surface area contributed by atoms with Gasteiger partial charge in [0.05, 0.1) is 18.3 Å². The van der Waals surface area contributed by atoms with Crippen LogP contribution in [0.5, 0.6) is 0 Å². The second kappa shape index (κ2) is 4.01. The minimum atomic E-state index is -0.194. The second-order valence-electron chi connectivity index (χ2n) is 3.76. The number of urea groups is 1. The summed E-state index contributed by atoms with van der Waals surface area (Å²) < 4.78 is 1.62. The van der Waals surface area contributed by atoms with Crippen LogP contribution in [-0.2, 0) is 7.05 Å². The number of aliphatic hydroxyl groups is 1. The molecule has 0 bridgehead atoms. The van der Waals surface area contributed by atoms with Gasteiger partial charge >= 0.3 is 6.03 Å². The molecule has 0 aromatic carbocycles. The van der Waals surface area contributed by atoms with Gasteiger partial charge in [-0.25, -0.2) is 4.79 Å². The van der Waals surface area contributed by atoms with Crippen molar-refractivity contribution < 1.29 is 9.90 Å². The number of β-amino-alcohol motifs (C(OH)–C–C–N with tert-alkyl or cyclic N) is 1.